The van der Waals surface area contributed by atoms with Crippen LogP contribution in [0, 0.1) is 12.8 Å². The number of H-pyrrole nitrogens is 1. The van der Waals surface area contributed by atoms with Crippen molar-refractivity contribution in [3.63, 3.8) is 0 Å². The van der Waals surface area contributed by atoms with Gasteiger partial charge in [-0.15, -0.1) is 0 Å². The number of aromatic nitrogens is 2. The lowest BCUT2D eigenvalue weighted by atomic mass is 9.88. The number of rotatable bonds is 9. The molecule has 0 aromatic carbocycles. The van der Waals surface area contributed by atoms with Crippen molar-refractivity contribution < 1.29 is 33.7 Å². The Labute approximate surface area is 221 Å². The van der Waals surface area contributed by atoms with E-state index < -0.39 is 18.2 Å². The minimum atomic E-state index is -1.24. The van der Waals surface area contributed by atoms with Crippen LogP contribution in [-0.4, -0.2) is 85.1 Å². The quantitative estimate of drug-likeness (QED) is 0.394. The Bertz CT molecular complexity index is 1150. The van der Waals surface area contributed by atoms with Crippen molar-refractivity contribution in [1.29, 1.82) is 0 Å². The van der Waals surface area contributed by atoms with Crippen molar-refractivity contribution in [2.75, 3.05) is 44.9 Å². The number of anilines is 1. The average Bonchev–Trinajstić information content (AvgIpc) is 3.60. The van der Waals surface area contributed by atoms with E-state index in [0.717, 1.165) is 11.3 Å². The minimum Gasteiger partial charge on any atom is -0.477 e. The molecule has 4 heterocycles. The number of methoxy groups -OCH3 is 1. The molecule has 2 aliphatic rings. The Balaban J connectivity index is 1.43. The average molecular weight is 561 g/mol. The van der Waals surface area contributed by atoms with Crippen LogP contribution in [0.5, 0.6) is 0 Å². The molecule has 196 valence electrons. The van der Waals surface area contributed by atoms with Gasteiger partial charge in [-0.1, -0.05) is 34.5 Å². The van der Waals surface area contributed by atoms with Crippen molar-refractivity contribution in [1.82, 2.24) is 15.3 Å². The zero-order valence-electron chi connectivity index (χ0n) is 19.6. The number of amides is 1. The van der Waals surface area contributed by atoms with E-state index in [1.54, 1.807) is 14.0 Å². The van der Waals surface area contributed by atoms with Crippen LogP contribution >= 0.6 is 34.5 Å². The van der Waals surface area contributed by atoms with Crippen LogP contribution in [-0.2, 0) is 14.2 Å². The summed E-state index contributed by atoms with van der Waals surface area (Å²) in [4.78, 5) is 46.3. The van der Waals surface area contributed by atoms with Gasteiger partial charge in [0.1, 0.15) is 10.6 Å². The summed E-state index contributed by atoms with van der Waals surface area (Å²) in [5, 5.41) is 13.2. The predicted molar refractivity (Wildman–Crippen MR) is 133 cm³/mol. The van der Waals surface area contributed by atoms with Gasteiger partial charge in [-0.2, -0.15) is 0 Å². The molecule has 0 radical (unpaired) electrons. The third kappa shape index (κ3) is 5.68. The Hall–Kier alpha value is -2.22. The van der Waals surface area contributed by atoms with Crippen LogP contribution in [0.25, 0.3) is 0 Å². The number of ketones is 1. The third-order valence-corrected chi connectivity index (χ3v) is 8.25. The fourth-order valence-electron chi connectivity index (χ4n) is 4.27. The highest BCUT2D eigenvalue weighted by Crippen LogP contribution is 2.34. The number of aryl methyl sites for hydroxylation is 1. The van der Waals surface area contributed by atoms with Gasteiger partial charge < -0.3 is 34.5 Å². The van der Waals surface area contributed by atoms with Crippen LogP contribution in [0.15, 0.2) is 0 Å². The molecule has 2 aromatic rings. The van der Waals surface area contributed by atoms with Crippen molar-refractivity contribution in [3.05, 3.63) is 32.0 Å². The molecule has 2 atom stereocenters. The van der Waals surface area contributed by atoms with Crippen LogP contribution < -0.4 is 10.2 Å². The summed E-state index contributed by atoms with van der Waals surface area (Å²) >= 11 is 13.2. The van der Waals surface area contributed by atoms with E-state index in [9.17, 15) is 19.5 Å². The maximum Gasteiger partial charge on any atom is 0.348 e. The first kappa shape index (κ1) is 26.8. The number of nitrogens with one attached hydrogen (secondary N) is 2. The summed E-state index contributed by atoms with van der Waals surface area (Å²) in [6.45, 7) is 3.60. The van der Waals surface area contributed by atoms with E-state index >= 15 is 0 Å². The monoisotopic (exact) mass is 560 g/mol. The number of carboxylic acid groups (broad SMARTS) is 1. The summed E-state index contributed by atoms with van der Waals surface area (Å²) in [7, 11) is 1.56. The Morgan fingerprint density at radius 3 is 2.61 bits per heavy atom. The molecule has 0 aliphatic carbocycles. The number of hydrogen-bond acceptors (Lipinski definition) is 9. The number of aromatic amines is 1. The van der Waals surface area contributed by atoms with E-state index in [4.69, 9.17) is 37.4 Å². The molecule has 0 unspecified atom stereocenters. The number of piperidine rings is 1. The maximum atomic E-state index is 12.9. The van der Waals surface area contributed by atoms with Gasteiger partial charge in [0.25, 0.3) is 5.91 Å². The number of aromatic carboxylic acids is 1. The lowest BCUT2D eigenvalue weighted by Gasteiger charge is -2.37. The number of nitrogens with zero attached hydrogens (tertiary/aromatic N) is 2. The van der Waals surface area contributed by atoms with Crippen molar-refractivity contribution in [2.45, 2.75) is 32.2 Å². The fourth-order valence-corrected chi connectivity index (χ4v) is 5.64. The van der Waals surface area contributed by atoms with E-state index in [0.29, 0.717) is 48.6 Å². The molecule has 36 heavy (non-hydrogen) atoms. The smallest absolute Gasteiger partial charge is 0.348 e. The molecule has 2 saturated heterocycles. The number of carboxylic acids is 1. The Kier molecular flexibility index (Phi) is 8.53. The molecule has 4 rings (SSSR count). The molecule has 2 fully saturated rings. The number of halogens is 2. The molecule has 3 N–H and O–H groups in total. The normalized spacial score (nSPS) is 20.6. The number of carbonyl (C=O) groups excluding carboxylic acids is 2. The molecular formula is C22H26Cl2N4O7S. The lowest BCUT2D eigenvalue weighted by molar-refractivity contribution is -0.0379. The summed E-state index contributed by atoms with van der Waals surface area (Å²) in [5.74, 6) is -2.11. The molecule has 0 spiro atoms. The van der Waals surface area contributed by atoms with Crippen LogP contribution in [0.4, 0.5) is 5.13 Å². The largest absolute Gasteiger partial charge is 0.477 e. The number of hydrogen-bond donors (Lipinski definition) is 3. The van der Waals surface area contributed by atoms with Gasteiger partial charge in [-0.25, -0.2) is 9.78 Å². The topological polar surface area (TPSA) is 143 Å². The van der Waals surface area contributed by atoms with E-state index in [1.165, 1.54) is 0 Å². The molecule has 1 amide bonds. The second-order valence-corrected chi connectivity index (χ2v) is 10.2. The van der Waals surface area contributed by atoms with E-state index in [2.05, 4.69) is 15.3 Å². The molecule has 11 nitrogen and oxygen atoms in total. The van der Waals surface area contributed by atoms with Crippen LogP contribution in [0.3, 0.4) is 0 Å². The standard InChI is InChI=1S/C22H26Cl2N4O7S/c1-10-15(23)16(24)17(26-10)12(29)7-11-3-4-28(9-13(11)33-2)22-27-18(19(36-22)21(31)32)20(30)25-8-14-34-5-6-35-14/h11,13-14,26H,3-9H2,1-2H3,(H,25,30)(H,31,32)/t11-,13-/m0/s1. The number of Topliss-reactive ketones (excluding diaryl/α,β-unsaturated/α-hetero) is 1. The highest BCUT2D eigenvalue weighted by atomic mass is 35.5. The first-order valence-corrected chi connectivity index (χ1v) is 12.9. The summed E-state index contributed by atoms with van der Waals surface area (Å²) in [6, 6.07) is 0. The van der Waals surface area contributed by atoms with Gasteiger partial charge in [-0.3, -0.25) is 9.59 Å². The Morgan fingerprint density at radius 1 is 1.28 bits per heavy atom. The van der Waals surface area contributed by atoms with Gasteiger partial charge in [-0.05, 0) is 19.3 Å². The van der Waals surface area contributed by atoms with Gasteiger partial charge in [0.05, 0.1) is 35.9 Å². The zero-order chi connectivity index (χ0) is 26.0. The molecule has 0 saturated carbocycles. The summed E-state index contributed by atoms with van der Waals surface area (Å²) in [5.41, 5.74) is 0.746. The van der Waals surface area contributed by atoms with E-state index in [-0.39, 0.29) is 52.1 Å². The first-order valence-electron chi connectivity index (χ1n) is 11.3. The Morgan fingerprint density at radius 2 is 2.00 bits per heavy atom. The van der Waals surface area contributed by atoms with Crippen LogP contribution in [0.1, 0.15) is 49.2 Å². The van der Waals surface area contributed by atoms with Gasteiger partial charge in [0.15, 0.2) is 22.9 Å². The van der Waals surface area contributed by atoms with Crippen molar-refractivity contribution >= 4 is 57.3 Å². The minimum absolute atomic E-state index is 0.0888. The fraction of sp³-hybridized carbons (Fsp3) is 0.545. The second kappa shape index (κ2) is 11.4. The van der Waals surface area contributed by atoms with Gasteiger partial charge in [0, 0.05) is 32.3 Å². The lowest BCUT2D eigenvalue weighted by Crippen LogP contribution is -2.45. The number of carbonyl (C=O) groups is 3. The first-order chi connectivity index (χ1) is 17.2. The van der Waals surface area contributed by atoms with Crippen LogP contribution in [0.2, 0.25) is 10.0 Å². The molecule has 2 aliphatic heterocycles. The SMILES string of the molecule is CO[C@H]1CN(c2nc(C(=O)NCC3OCCO3)c(C(=O)O)s2)CC[C@H]1CC(=O)c1[nH]c(C)c(Cl)c1Cl. The number of ether oxygens (including phenoxy) is 3. The van der Waals surface area contributed by atoms with Gasteiger partial charge >= 0.3 is 5.97 Å². The summed E-state index contributed by atoms with van der Waals surface area (Å²) < 4.78 is 16.2. The maximum absolute atomic E-state index is 12.9. The highest BCUT2D eigenvalue weighted by molar-refractivity contribution is 7.17. The van der Waals surface area contributed by atoms with Crippen molar-refractivity contribution in [2.24, 2.45) is 5.92 Å². The predicted octanol–water partition coefficient (Wildman–Crippen LogP) is 3.00. The number of thiazole rings is 1. The molecule has 14 heteroatoms. The van der Waals surface area contributed by atoms with E-state index in [1.807, 2.05) is 4.90 Å². The van der Waals surface area contributed by atoms with Gasteiger partial charge in [0.2, 0.25) is 0 Å². The molecule has 2 aromatic heterocycles. The molecule has 0 bridgehead atoms. The molecular weight excluding hydrogens is 535 g/mol. The summed E-state index contributed by atoms with van der Waals surface area (Å²) in [6.07, 6.45) is -0.0844. The third-order valence-electron chi connectivity index (χ3n) is 6.19. The zero-order valence-corrected chi connectivity index (χ0v) is 22.0. The highest BCUT2D eigenvalue weighted by Gasteiger charge is 2.35. The van der Waals surface area contributed by atoms with Crippen molar-refractivity contribution in [3.8, 4) is 0 Å². The second-order valence-electron chi connectivity index (χ2n) is 8.51.